The van der Waals surface area contributed by atoms with Crippen LogP contribution in [0.1, 0.15) is 59.4 Å². The van der Waals surface area contributed by atoms with E-state index in [-0.39, 0.29) is 17.7 Å². The SMILES string of the molecule is CC(C)(CC1CCN(C(=O)OCc2ccccc2)CC1)NC(=O)OC(C)(C)C. The second-order valence-electron chi connectivity index (χ2n) is 9.19. The lowest BCUT2D eigenvalue weighted by Crippen LogP contribution is -2.48. The predicted molar refractivity (Wildman–Crippen MR) is 109 cm³/mol. The largest absolute Gasteiger partial charge is 0.445 e. The van der Waals surface area contributed by atoms with Crippen molar-refractivity contribution in [3.63, 3.8) is 0 Å². The van der Waals surface area contributed by atoms with Gasteiger partial charge < -0.3 is 19.7 Å². The second-order valence-corrected chi connectivity index (χ2v) is 9.19. The standard InChI is InChI=1S/C22H34N2O4/c1-21(2,3)28-19(25)23-22(4,5)15-17-11-13-24(14-12-17)20(26)27-16-18-9-7-6-8-10-18/h6-10,17H,11-16H2,1-5H3,(H,23,25). The molecule has 1 fully saturated rings. The molecule has 0 aliphatic carbocycles. The van der Waals surface area contributed by atoms with Gasteiger partial charge >= 0.3 is 12.2 Å². The normalized spacial score (nSPS) is 15.8. The van der Waals surface area contributed by atoms with Gasteiger partial charge in [-0.2, -0.15) is 0 Å². The van der Waals surface area contributed by atoms with Crippen LogP contribution in [0.5, 0.6) is 0 Å². The van der Waals surface area contributed by atoms with Crippen molar-refractivity contribution in [1.29, 1.82) is 0 Å². The first-order valence-electron chi connectivity index (χ1n) is 10.0. The Morgan fingerprint density at radius 3 is 2.25 bits per heavy atom. The molecule has 6 nitrogen and oxygen atoms in total. The summed E-state index contributed by atoms with van der Waals surface area (Å²) in [7, 11) is 0. The minimum absolute atomic E-state index is 0.256. The molecule has 1 N–H and O–H groups in total. The van der Waals surface area contributed by atoms with E-state index < -0.39 is 5.60 Å². The van der Waals surface area contributed by atoms with Crippen molar-refractivity contribution in [3.05, 3.63) is 35.9 Å². The highest BCUT2D eigenvalue weighted by Gasteiger charge is 2.31. The van der Waals surface area contributed by atoms with E-state index in [4.69, 9.17) is 9.47 Å². The maximum Gasteiger partial charge on any atom is 0.410 e. The number of ether oxygens (including phenoxy) is 2. The molecule has 6 heteroatoms. The summed E-state index contributed by atoms with van der Waals surface area (Å²) in [4.78, 5) is 26.1. The van der Waals surface area contributed by atoms with Crippen LogP contribution in [0.4, 0.5) is 9.59 Å². The molecule has 1 saturated heterocycles. The molecule has 156 valence electrons. The van der Waals surface area contributed by atoms with Crippen molar-refractivity contribution in [2.24, 2.45) is 5.92 Å². The van der Waals surface area contributed by atoms with Gasteiger partial charge in [0.05, 0.1) is 0 Å². The average molecular weight is 391 g/mol. The van der Waals surface area contributed by atoms with Crippen LogP contribution in [0, 0.1) is 5.92 Å². The zero-order valence-electron chi connectivity index (χ0n) is 17.8. The Bertz CT molecular complexity index is 644. The first-order valence-corrected chi connectivity index (χ1v) is 10.0. The Morgan fingerprint density at radius 1 is 1.07 bits per heavy atom. The average Bonchev–Trinajstić information content (AvgIpc) is 2.58. The molecule has 0 saturated carbocycles. The molecule has 0 spiro atoms. The Labute approximate surface area is 168 Å². The number of alkyl carbamates (subject to hydrolysis) is 1. The number of carbonyl (C=O) groups is 2. The molecule has 1 aliphatic heterocycles. The molecule has 2 rings (SSSR count). The van der Waals surface area contributed by atoms with Crippen LogP contribution in [0.15, 0.2) is 30.3 Å². The van der Waals surface area contributed by atoms with E-state index >= 15 is 0 Å². The summed E-state index contributed by atoms with van der Waals surface area (Å²) >= 11 is 0. The van der Waals surface area contributed by atoms with Crippen LogP contribution in [-0.4, -0.2) is 41.3 Å². The molecule has 2 amide bonds. The molecule has 0 aromatic heterocycles. The van der Waals surface area contributed by atoms with Crippen LogP contribution < -0.4 is 5.32 Å². The van der Waals surface area contributed by atoms with Crippen molar-refractivity contribution >= 4 is 12.2 Å². The number of nitrogens with one attached hydrogen (secondary N) is 1. The van der Waals surface area contributed by atoms with Crippen LogP contribution in [0.2, 0.25) is 0 Å². The highest BCUT2D eigenvalue weighted by atomic mass is 16.6. The Balaban J connectivity index is 1.73. The number of rotatable bonds is 5. The zero-order valence-corrected chi connectivity index (χ0v) is 17.8. The molecule has 1 aromatic rings. The molecule has 0 atom stereocenters. The number of piperidine rings is 1. The van der Waals surface area contributed by atoms with Crippen LogP contribution >= 0.6 is 0 Å². The van der Waals surface area contributed by atoms with Gasteiger partial charge in [-0.15, -0.1) is 0 Å². The van der Waals surface area contributed by atoms with Crippen LogP contribution in [0.3, 0.4) is 0 Å². The number of amides is 2. The van der Waals surface area contributed by atoms with Gasteiger partial charge in [0.15, 0.2) is 0 Å². The third-order valence-electron chi connectivity index (χ3n) is 4.72. The first-order chi connectivity index (χ1) is 13.0. The summed E-state index contributed by atoms with van der Waals surface area (Å²) in [5.74, 6) is 0.447. The topological polar surface area (TPSA) is 67.9 Å². The smallest absolute Gasteiger partial charge is 0.410 e. The van der Waals surface area contributed by atoms with Crippen molar-refractivity contribution < 1.29 is 19.1 Å². The van der Waals surface area contributed by atoms with Crippen molar-refractivity contribution in [2.45, 2.75) is 71.6 Å². The highest BCUT2D eigenvalue weighted by Crippen LogP contribution is 2.27. The third kappa shape index (κ3) is 7.79. The molecule has 0 unspecified atom stereocenters. The summed E-state index contributed by atoms with van der Waals surface area (Å²) in [6, 6.07) is 9.69. The minimum Gasteiger partial charge on any atom is -0.445 e. The van der Waals surface area contributed by atoms with Crippen molar-refractivity contribution in [3.8, 4) is 0 Å². The number of hydrogen-bond donors (Lipinski definition) is 1. The number of benzene rings is 1. The number of nitrogens with zero attached hydrogens (tertiary/aromatic N) is 1. The number of hydrogen-bond acceptors (Lipinski definition) is 4. The summed E-state index contributed by atoms with van der Waals surface area (Å²) in [6.07, 6.45) is 2.01. The summed E-state index contributed by atoms with van der Waals surface area (Å²) in [6.45, 7) is 11.2. The van der Waals surface area contributed by atoms with E-state index in [9.17, 15) is 9.59 Å². The lowest BCUT2D eigenvalue weighted by Gasteiger charge is -2.36. The van der Waals surface area contributed by atoms with Crippen molar-refractivity contribution in [2.75, 3.05) is 13.1 Å². The third-order valence-corrected chi connectivity index (χ3v) is 4.72. The molecule has 0 bridgehead atoms. The fourth-order valence-corrected chi connectivity index (χ4v) is 3.48. The molecular formula is C22H34N2O4. The van der Waals surface area contributed by atoms with E-state index in [1.807, 2.05) is 65.0 Å². The Kier molecular flexibility index (Phi) is 7.33. The van der Waals surface area contributed by atoms with E-state index in [0.29, 0.717) is 25.6 Å². The molecular weight excluding hydrogens is 356 g/mol. The van der Waals surface area contributed by atoms with Gasteiger partial charge in [0.25, 0.3) is 0 Å². The monoisotopic (exact) mass is 390 g/mol. The Hall–Kier alpha value is -2.24. The van der Waals surface area contributed by atoms with Gasteiger partial charge in [-0.1, -0.05) is 30.3 Å². The van der Waals surface area contributed by atoms with E-state index in [1.165, 1.54) is 0 Å². The fraction of sp³-hybridized carbons (Fsp3) is 0.636. The van der Waals surface area contributed by atoms with Crippen LogP contribution in [-0.2, 0) is 16.1 Å². The maximum absolute atomic E-state index is 12.3. The van der Waals surface area contributed by atoms with E-state index in [2.05, 4.69) is 5.32 Å². The zero-order chi connectivity index (χ0) is 20.8. The van der Waals surface area contributed by atoms with Gasteiger partial charge in [0, 0.05) is 18.6 Å². The van der Waals surface area contributed by atoms with E-state index in [1.54, 1.807) is 4.90 Å². The van der Waals surface area contributed by atoms with Gasteiger partial charge in [-0.05, 0) is 65.4 Å². The first kappa shape index (κ1) is 22.1. The lowest BCUT2D eigenvalue weighted by atomic mass is 9.84. The van der Waals surface area contributed by atoms with Gasteiger partial charge in [0.2, 0.25) is 0 Å². The Morgan fingerprint density at radius 2 is 1.68 bits per heavy atom. The molecule has 0 radical (unpaired) electrons. The second kappa shape index (κ2) is 9.30. The van der Waals surface area contributed by atoms with Crippen LogP contribution in [0.25, 0.3) is 0 Å². The van der Waals surface area contributed by atoms with Crippen molar-refractivity contribution in [1.82, 2.24) is 10.2 Å². The fourth-order valence-electron chi connectivity index (χ4n) is 3.48. The van der Waals surface area contributed by atoms with Gasteiger partial charge in [0.1, 0.15) is 12.2 Å². The maximum atomic E-state index is 12.3. The quantitative estimate of drug-likeness (QED) is 0.789. The summed E-state index contributed by atoms with van der Waals surface area (Å²) < 4.78 is 10.8. The lowest BCUT2D eigenvalue weighted by molar-refractivity contribution is 0.0447. The molecule has 1 aromatic carbocycles. The minimum atomic E-state index is -0.508. The van der Waals surface area contributed by atoms with E-state index in [0.717, 1.165) is 24.8 Å². The number of likely N-dealkylation sites (tertiary alicyclic amines) is 1. The molecule has 28 heavy (non-hydrogen) atoms. The summed E-state index contributed by atoms with van der Waals surface area (Å²) in [5.41, 5.74) is 0.120. The van der Waals surface area contributed by atoms with Gasteiger partial charge in [-0.25, -0.2) is 9.59 Å². The molecule has 1 aliphatic rings. The highest BCUT2D eigenvalue weighted by molar-refractivity contribution is 5.68. The predicted octanol–water partition coefficient (Wildman–Crippen LogP) is 4.73. The number of carbonyl (C=O) groups excluding carboxylic acids is 2. The summed E-state index contributed by atoms with van der Waals surface area (Å²) in [5, 5.41) is 2.97. The van der Waals surface area contributed by atoms with Gasteiger partial charge in [-0.3, -0.25) is 0 Å². The molecule has 1 heterocycles.